The third-order valence-electron chi connectivity index (χ3n) is 4.64. The number of carbonyl (C=O) groups is 1. The highest BCUT2D eigenvalue weighted by Crippen LogP contribution is 2.34. The molecule has 0 radical (unpaired) electrons. The van der Waals surface area contributed by atoms with Crippen LogP contribution < -0.4 is 4.90 Å². The molecule has 7 heteroatoms. The molecule has 0 saturated heterocycles. The minimum Gasteiger partial charge on any atom is -0.307 e. The smallest absolute Gasteiger partial charge is 0.307 e. The predicted molar refractivity (Wildman–Crippen MR) is 90.2 cm³/mol. The summed E-state index contributed by atoms with van der Waals surface area (Å²) >= 11 is 0. The molecule has 0 spiro atoms. The molecule has 0 saturated carbocycles. The van der Waals surface area contributed by atoms with E-state index in [4.69, 9.17) is 0 Å². The Balaban J connectivity index is 1.97. The van der Waals surface area contributed by atoms with Gasteiger partial charge < -0.3 is 4.90 Å². The Labute approximate surface area is 140 Å². The van der Waals surface area contributed by atoms with Gasteiger partial charge in [-0.05, 0) is 45.7 Å². The van der Waals surface area contributed by atoms with Crippen LogP contribution in [0.25, 0.3) is 0 Å². The Kier molecular flexibility index (Phi) is 3.87. The van der Waals surface area contributed by atoms with Crippen LogP contribution in [0.15, 0.2) is 24.3 Å². The van der Waals surface area contributed by atoms with Crippen molar-refractivity contribution in [3.63, 3.8) is 0 Å². The number of aryl methyl sites for hydroxylation is 1. The summed E-state index contributed by atoms with van der Waals surface area (Å²) in [5, 5.41) is 15.4. The van der Waals surface area contributed by atoms with E-state index in [-0.39, 0.29) is 17.6 Å². The van der Waals surface area contributed by atoms with Crippen molar-refractivity contribution in [1.82, 2.24) is 9.78 Å². The lowest BCUT2D eigenvalue weighted by atomic mass is 10.1. The van der Waals surface area contributed by atoms with Crippen molar-refractivity contribution in [3.05, 3.63) is 51.3 Å². The second-order valence-corrected chi connectivity index (χ2v) is 6.29. The summed E-state index contributed by atoms with van der Waals surface area (Å²) in [6, 6.07) is 7.30. The molecule has 24 heavy (non-hydrogen) atoms. The number of aromatic nitrogens is 2. The van der Waals surface area contributed by atoms with Gasteiger partial charge in [0, 0.05) is 11.7 Å². The zero-order valence-electron chi connectivity index (χ0n) is 14.2. The molecule has 1 aromatic heterocycles. The van der Waals surface area contributed by atoms with E-state index >= 15 is 0 Å². The van der Waals surface area contributed by atoms with Gasteiger partial charge in [0.05, 0.1) is 4.92 Å². The van der Waals surface area contributed by atoms with Gasteiger partial charge in [0.2, 0.25) is 0 Å². The number of amides is 1. The Hall–Kier alpha value is -2.70. The maximum Gasteiger partial charge on any atom is 0.312 e. The van der Waals surface area contributed by atoms with Crippen LogP contribution in [0.1, 0.15) is 36.8 Å². The molecule has 1 amide bonds. The number of para-hydroxylation sites is 1. The van der Waals surface area contributed by atoms with Crippen LogP contribution in [0.2, 0.25) is 0 Å². The third-order valence-corrected chi connectivity index (χ3v) is 4.64. The maximum atomic E-state index is 13.1. The first-order chi connectivity index (χ1) is 11.3. The lowest BCUT2D eigenvalue weighted by Crippen LogP contribution is -2.40. The summed E-state index contributed by atoms with van der Waals surface area (Å²) in [6.07, 6.45) is 0.811. The molecule has 2 atom stereocenters. The van der Waals surface area contributed by atoms with Gasteiger partial charge in [-0.25, -0.2) is 0 Å². The second kappa shape index (κ2) is 5.74. The molecule has 2 heterocycles. The number of nitrogens with zero attached hydrogens (tertiary/aromatic N) is 4. The van der Waals surface area contributed by atoms with Gasteiger partial charge in [-0.2, -0.15) is 5.10 Å². The molecule has 1 aliphatic heterocycles. The first kappa shape index (κ1) is 16.2. The van der Waals surface area contributed by atoms with Gasteiger partial charge in [0.25, 0.3) is 5.91 Å². The molecule has 1 aromatic carbocycles. The number of hydrogen-bond acceptors (Lipinski definition) is 4. The maximum absolute atomic E-state index is 13.1. The summed E-state index contributed by atoms with van der Waals surface area (Å²) in [5.74, 6) is -0.104. The van der Waals surface area contributed by atoms with Crippen molar-refractivity contribution in [2.75, 3.05) is 4.90 Å². The van der Waals surface area contributed by atoms with E-state index in [9.17, 15) is 14.9 Å². The molecule has 0 aliphatic carbocycles. The first-order valence-corrected chi connectivity index (χ1v) is 7.94. The van der Waals surface area contributed by atoms with E-state index in [1.54, 1.807) is 25.7 Å². The van der Waals surface area contributed by atoms with Crippen molar-refractivity contribution in [2.24, 2.45) is 0 Å². The van der Waals surface area contributed by atoms with Gasteiger partial charge in [0.1, 0.15) is 17.4 Å². The molecular formula is C17H20N4O3. The van der Waals surface area contributed by atoms with E-state index in [0.29, 0.717) is 11.4 Å². The second-order valence-electron chi connectivity index (χ2n) is 6.29. The Morgan fingerprint density at radius 1 is 1.38 bits per heavy atom. The predicted octanol–water partition coefficient (Wildman–Crippen LogP) is 2.95. The Morgan fingerprint density at radius 3 is 2.67 bits per heavy atom. The Morgan fingerprint density at radius 2 is 2.04 bits per heavy atom. The van der Waals surface area contributed by atoms with Crippen molar-refractivity contribution < 1.29 is 9.72 Å². The number of anilines is 1. The van der Waals surface area contributed by atoms with Gasteiger partial charge >= 0.3 is 5.69 Å². The van der Waals surface area contributed by atoms with E-state index in [1.165, 1.54) is 4.68 Å². The van der Waals surface area contributed by atoms with Gasteiger partial charge in [-0.1, -0.05) is 18.2 Å². The number of hydrogen-bond donors (Lipinski definition) is 0. The molecule has 0 bridgehead atoms. The van der Waals surface area contributed by atoms with E-state index < -0.39 is 11.0 Å². The molecule has 0 fully saturated rings. The first-order valence-electron chi connectivity index (χ1n) is 7.94. The zero-order valence-corrected chi connectivity index (χ0v) is 14.2. The minimum absolute atomic E-state index is 0.0236. The molecule has 7 nitrogen and oxygen atoms in total. The molecule has 126 valence electrons. The van der Waals surface area contributed by atoms with E-state index in [0.717, 1.165) is 17.7 Å². The van der Waals surface area contributed by atoms with E-state index in [2.05, 4.69) is 5.10 Å². The highest BCUT2D eigenvalue weighted by atomic mass is 16.6. The van der Waals surface area contributed by atoms with Crippen LogP contribution in [0.5, 0.6) is 0 Å². The summed E-state index contributed by atoms with van der Waals surface area (Å²) in [4.78, 5) is 25.6. The SMILES string of the molecule is Cc1nn(C(C)C(=O)N2c3ccccc3CC2C)c(C)c1[N+](=O)[O-]. The fraction of sp³-hybridized carbons (Fsp3) is 0.412. The summed E-state index contributed by atoms with van der Waals surface area (Å²) < 4.78 is 1.46. The van der Waals surface area contributed by atoms with Crippen LogP contribution in [0, 0.1) is 24.0 Å². The highest BCUT2D eigenvalue weighted by Gasteiger charge is 2.35. The lowest BCUT2D eigenvalue weighted by molar-refractivity contribution is -0.386. The third kappa shape index (κ3) is 2.36. The monoisotopic (exact) mass is 328 g/mol. The van der Waals surface area contributed by atoms with Crippen LogP contribution in [-0.2, 0) is 11.2 Å². The van der Waals surface area contributed by atoms with Gasteiger partial charge in [-0.3, -0.25) is 19.6 Å². The van der Waals surface area contributed by atoms with Gasteiger partial charge in [-0.15, -0.1) is 0 Å². The van der Waals surface area contributed by atoms with Crippen molar-refractivity contribution in [1.29, 1.82) is 0 Å². The summed E-state index contributed by atoms with van der Waals surface area (Å²) in [5.41, 5.74) is 2.76. The molecule has 2 aromatic rings. The largest absolute Gasteiger partial charge is 0.312 e. The van der Waals surface area contributed by atoms with Crippen molar-refractivity contribution in [3.8, 4) is 0 Å². The number of benzene rings is 1. The quantitative estimate of drug-likeness (QED) is 0.641. The standard InChI is InChI=1S/C17H20N4O3/c1-10-9-14-7-5-6-8-15(14)19(10)17(22)13(4)20-12(3)16(21(23)24)11(2)18-20/h5-8,10,13H,9H2,1-4H3. The minimum atomic E-state index is -0.606. The average molecular weight is 328 g/mol. The number of carbonyl (C=O) groups excluding carboxylic acids is 1. The lowest BCUT2D eigenvalue weighted by Gasteiger charge is -2.26. The molecule has 0 N–H and O–H groups in total. The van der Waals surface area contributed by atoms with Crippen LogP contribution in [-0.4, -0.2) is 26.7 Å². The molecule has 3 rings (SSSR count). The number of rotatable bonds is 3. The number of fused-ring (bicyclic) bond motifs is 1. The summed E-state index contributed by atoms with van der Waals surface area (Å²) in [6.45, 7) is 6.96. The zero-order chi connectivity index (χ0) is 17.6. The van der Waals surface area contributed by atoms with Crippen molar-refractivity contribution >= 4 is 17.3 Å². The fourth-order valence-electron chi connectivity index (χ4n) is 3.50. The fourth-order valence-corrected chi connectivity index (χ4v) is 3.50. The normalized spacial score (nSPS) is 17.7. The Bertz CT molecular complexity index is 827. The average Bonchev–Trinajstić information content (AvgIpc) is 3.01. The molecule has 2 unspecified atom stereocenters. The highest BCUT2D eigenvalue weighted by molar-refractivity contribution is 5.98. The molecular weight excluding hydrogens is 308 g/mol. The van der Waals surface area contributed by atoms with E-state index in [1.807, 2.05) is 31.2 Å². The van der Waals surface area contributed by atoms with Gasteiger partial charge in [0.15, 0.2) is 0 Å². The number of nitro groups is 1. The molecule has 1 aliphatic rings. The van der Waals surface area contributed by atoms with Crippen LogP contribution in [0.3, 0.4) is 0 Å². The van der Waals surface area contributed by atoms with Crippen LogP contribution in [0.4, 0.5) is 11.4 Å². The van der Waals surface area contributed by atoms with Crippen molar-refractivity contribution in [2.45, 2.75) is 46.2 Å². The topological polar surface area (TPSA) is 81.3 Å². The van der Waals surface area contributed by atoms with Crippen LogP contribution >= 0.6 is 0 Å². The summed E-state index contributed by atoms with van der Waals surface area (Å²) in [7, 11) is 0.